The van der Waals surface area contributed by atoms with Crippen molar-refractivity contribution in [2.24, 2.45) is 5.73 Å². The van der Waals surface area contributed by atoms with E-state index >= 15 is 0 Å². The first-order valence-electron chi connectivity index (χ1n) is 6.62. The van der Waals surface area contributed by atoms with Crippen molar-refractivity contribution in [1.82, 2.24) is 10.0 Å². The second kappa shape index (κ2) is 7.84. The first-order chi connectivity index (χ1) is 10.5. The molecule has 0 saturated heterocycles. The maximum Gasteiger partial charge on any atom is 0.262 e. The van der Waals surface area contributed by atoms with Crippen molar-refractivity contribution >= 4 is 38.6 Å². The molecule has 2 rings (SSSR count). The summed E-state index contributed by atoms with van der Waals surface area (Å²) in [5.41, 5.74) is 5.36. The third-order valence-corrected chi connectivity index (χ3v) is 6.17. The molecule has 9 heteroatoms. The molecule has 0 saturated carbocycles. The number of nitrogens with two attached hydrogens (primary N) is 1. The number of hydrogen-bond donors (Lipinski definition) is 3. The van der Waals surface area contributed by atoms with Crippen LogP contribution in [0.1, 0.15) is 21.0 Å². The first kappa shape index (κ1) is 17.1. The average Bonchev–Trinajstić information content (AvgIpc) is 3.17. The standard InChI is InChI=1S/C13H17N3O3S3/c14-5-2-6-15-13(17)12-11(4-8-21-12)22(18,19)16-9-10-3-1-7-20-10/h1,3-4,7-8,16H,2,5-6,9,14H2,(H,15,17). The van der Waals surface area contributed by atoms with Gasteiger partial charge in [-0.2, -0.15) is 0 Å². The van der Waals surface area contributed by atoms with Gasteiger partial charge in [-0.05, 0) is 35.9 Å². The molecule has 0 bridgehead atoms. The minimum atomic E-state index is -3.72. The third kappa shape index (κ3) is 4.37. The predicted molar refractivity (Wildman–Crippen MR) is 88.7 cm³/mol. The number of hydrogen-bond acceptors (Lipinski definition) is 6. The molecule has 2 aromatic heterocycles. The Labute approximate surface area is 137 Å². The van der Waals surface area contributed by atoms with Gasteiger partial charge >= 0.3 is 0 Å². The van der Waals surface area contributed by atoms with E-state index in [1.807, 2.05) is 17.5 Å². The highest BCUT2D eigenvalue weighted by molar-refractivity contribution is 7.89. The van der Waals surface area contributed by atoms with Crippen LogP contribution in [0.4, 0.5) is 0 Å². The van der Waals surface area contributed by atoms with Gasteiger partial charge in [-0.3, -0.25) is 4.79 Å². The van der Waals surface area contributed by atoms with Gasteiger partial charge in [0.1, 0.15) is 9.77 Å². The van der Waals surface area contributed by atoms with Crippen LogP contribution >= 0.6 is 22.7 Å². The monoisotopic (exact) mass is 359 g/mol. The van der Waals surface area contributed by atoms with Crippen LogP contribution in [0.3, 0.4) is 0 Å². The third-order valence-electron chi connectivity index (χ3n) is 2.81. The molecule has 120 valence electrons. The van der Waals surface area contributed by atoms with Crippen LogP contribution in [-0.4, -0.2) is 27.4 Å². The molecule has 6 nitrogen and oxygen atoms in total. The van der Waals surface area contributed by atoms with Gasteiger partial charge in [-0.1, -0.05) is 6.07 Å². The maximum absolute atomic E-state index is 12.3. The second-order valence-electron chi connectivity index (χ2n) is 4.42. The quantitative estimate of drug-likeness (QED) is 0.620. The molecule has 1 amide bonds. The van der Waals surface area contributed by atoms with Crippen LogP contribution in [0.2, 0.25) is 0 Å². The fraction of sp³-hybridized carbons (Fsp3) is 0.308. The van der Waals surface area contributed by atoms with Gasteiger partial charge in [0.15, 0.2) is 0 Å². The normalized spacial score (nSPS) is 11.5. The SMILES string of the molecule is NCCCNC(=O)c1sccc1S(=O)(=O)NCc1cccs1. The summed E-state index contributed by atoms with van der Waals surface area (Å²) in [6.07, 6.45) is 0.649. The summed E-state index contributed by atoms with van der Waals surface area (Å²) in [5, 5.41) is 6.14. The summed E-state index contributed by atoms with van der Waals surface area (Å²) in [6, 6.07) is 5.15. The van der Waals surface area contributed by atoms with Crippen LogP contribution in [0.5, 0.6) is 0 Å². The zero-order valence-electron chi connectivity index (χ0n) is 11.7. The van der Waals surface area contributed by atoms with Crippen molar-refractivity contribution in [3.8, 4) is 0 Å². The van der Waals surface area contributed by atoms with Gasteiger partial charge in [-0.15, -0.1) is 22.7 Å². The van der Waals surface area contributed by atoms with E-state index in [1.165, 1.54) is 17.4 Å². The largest absolute Gasteiger partial charge is 0.351 e. The number of amides is 1. The van der Waals surface area contributed by atoms with Crippen molar-refractivity contribution in [3.63, 3.8) is 0 Å². The predicted octanol–water partition coefficient (Wildman–Crippen LogP) is 1.37. The fourth-order valence-electron chi connectivity index (χ4n) is 1.72. The summed E-state index contributed by atoms with van der Waals surface area (Å²) in [6.45, 7) is 1.11. The van der Waals surface area contributed by atoms with E-state index in [0.29, 0.717) is 19.5 Å². The molecular weight excluding hydrogens is 342 g/mol. The molecule has 22 heavy (non-hydrogen) atoms. The van der Waals surface area contributed by atoms with Crippen LogP contribution in [0, 0.1) is 0 Å². The Hall–Kier alpha value is -1.26. The van der Waals surface area contributed by atoms with Crippen LogP contribution in [0.15, 0.2) is 33.9 Å². The van der Waals surface area contributed by atoms with E-state index in [2.05, 4.69) is 10.0 Å². The van der Waals surface area contributed by atoms with E-state index < -0.39 is 10.0 Å². The minimum Gasteiger partial charge on any atom is -0.351 e. The topological polar surface area (TPSA) is 101 Å². The molecule has 0 aliphatic heterocycles. The number of sulfonamides is 1. The lowest BCUT2D eigenvalue weighted by Gasteiger charge is -2.07. The summed E-state index contributed by atoms with van der Waals surface area (Å²) < 4.78 is 27.2. The van der Waals surface area contributed by atoms with Gasteiger partial charge in [0.2, 0.25) is 10.0 Å². The summed E-state index contributed by atoms with van der Waals surface area (Å²) in [7, 11) is -3.72. The zero-order valence-corrected chi connectivity index (χ0v) is 14.2. The maximum atomic E-state index is 12.3. The Morgan fingerprint density at radius 3 is 2.73 bits per heavy atom. The fourth-order valence-corrected chi connectivity index (χ4v) is 4.80. The molecule has 0 aliphatic carbocycles. The molecule has 0 unspecified atom stereocenters. The van der Waals surface area contributed by atoms with Gasteiger partial charge in [0, 0.05) is 18.0 Å². The van der Waals surface area contributed by atoms with E-state index in [1.54, 1.807) is 5.38 Å². The van der Waals surface area contributed by atoms with Crippen molar-refractivity contribution in [3.05, 3.63) is 38.7 Å². The van der Waals surface area contributed by atoms with Crippen molar-refractivity contribution in [2.75, 3.05) is 13.1 Å². The number of rotatable bonds is 8. The number of carbonyl (C=O) groups excluding carboxylic acids is 1. The second-order valence-corrected chi connectivity index (χ2v) is 8.10. The molecule has 2 heterocycles. The summed E-state index contributed by atoms with van der Waals surface area (Å²) in [4.78, 5) is 13.2. The van der Waals surface area contributed by atoms with E-state index in [4.69, 9.17) is 5.73 Å². The smallest absolute Gasteiger partial charge is 0.262 e. The molecule has 2 aromatic rings. The van der Waals surface area contributed by atoms with Gasteiger partial charge in [0.25, 0.3) is 5.91 Å². The first-order valence-corrected chi connectivity index (χ1v) is 9.86. The Bertz CT molecular complexity index is 708. The van der Waals surface area contributed by atoms with Crippen LogP contribution in [0.25, 0.3) is 0 Å². The molecule has 4 N–H and O–H groups in total. The lowest BCUT2D eigenvalue weighted by Crippen LogP contribution is -2.29. The molecule has 0 aliphatic rings. The molecule has 0 atom stereocenters. The molecule has 0 spiro atoms. The van der Waals surface area contributed by atoms with Crippen molar-refractivity contribution in [1.29, 1.82) is 0 Å². The Morgan fingerprint density at radius 1 is 1.23 bits per heavy atom. The zero-order chi connectivity index (χ0) is 16.0. The summed E-state index contributed by atoms with van der Waals surface area (Å²) in [5.74, 6) is -0.389. The van der Waals surface area contributed by atoms with E-state index in [-0.39, 0.29) is 22.2 Å². The molecule has 0 radical (unpaired) electrons. The lowest BCUT2D eigenvalue weighted by atomic mass is 10.4. The summed E-state index contributed by atoms with van der Waals surface area (Å²) >= 11 is 2.58. The number of carbonyl (C=O) groups is 1. The minimum absolute atomic E-state index is 0.0132. The Balaban J connectivity index is 2.08. The number of nitrogens with one attached hydrogen (secondary N) is 2. The molecule has 0 aromatic carbocycles. The Kier molecular flexibility index (Phi) is 6.09. The van der Waals surface area contributed by atoms with E-state index in [0.717, 1.165) is 16.2 Å². The molecular formula is C13H17N3O3S3. The van der Waals surface area contributed by atoms with Crippen LogP contribution in [-0.2, 0) is 16.6 Å². The Morgan fingerprint density at radius 2 is 2.05 bits per heavy atom. The van der Waals surface area contributed by atoms with Crippen molar-refractivity contribution in [2.45, 2.75) is 17.9 Å². The van der Waals surface area contributed by atoms with Gasteiger partial charge < -0.3 is 11.1 Å². The highest BCUT2D eigenvalue weighted by Crippen LogP contribution is 2.22. The average molecular weight is 359 g/mol. The van der Waals surface area contributed by atoms with E-state index in [9.17, 15) is 13.2 Å². The highest BCUT2D eigenvalue weighted by Gasteiger charge is 2.23. The highest BCUT2D eigenvalue weighted by atomic mass is 32.2. The lowest BCUT2D eigenvalue weighted by molar-refractivity contribution is 0.0954. The number of thiophene rings is 2. The molecule has 0 fully saturated rings. The van der Waals surface area contributed by atoms with Crippen molar-refractivity contribution < 1.29 is 13.2 Å². The van der Waals surface area contributed by atoms with Gasteiger partial charge in [-0.25, -0.2) is 13.1 Å². The van der Waals surface area contributed by atoms with Crippen LogP contribution < -0.4 is 15.8 Å². The van der Waals surface area contributed by atoms with Gasteiger partial charge in [0.05, 0.1) is 0 Å².